The molecule has 214 valence electrons. The van der Waals surface area contributed by atoms with Gasteiger partial charge in [-0.3, -0.25) is 9.36 Å². The number of methoxy groups -OCH3 is 1. The van der Waals surface area contributed by atoms with Crippen molar-refractivity contribution in [3.8, 4) is 11.4 Å². The van der Waals surface area contributed by atoms with E-state index in [0.717, 1.165) is 23.1 Å². The van der Waals surface area contributed by atoms with Crippen molar-refractivity contribution in [2.24, 2.45) is 5.92 Å². The van der Waals surface area contributed by atoms with Gasteiger partial charge in [-0.15, -0.1) is 5.10 Å². The van der Waals surface area contributed by atoms with Crippen LogP contribution in [0.15, 0.2) is 41.2 Å². The van der Waals surface area contributed by atoms with Crippen molar-refractivity contribution < 1.29 is 23.0 Å². The number of amides is 1. The molecule has 12 heteroatoms. The molecule has 0 saturated heterocycles. The normalized spacial score (nSPS) is 14.8. The third kappa shape index (κ3) is 6.85. The van der Waals surface area contributed by atoms with Gasteiger partial charge < -0.3 is 14.8 Å². The highest BCUT2D eigenvalue weighted by atomic mass is 31.1. The summed E-state index contributed by atoms with van der Waals surface area (Å²) in [5.74, 6) is -0.116. The molecule has 1 aliphatic carbocycles. The fraction of sp³-hybridized carbons (Fsp3) is 0.393. The molecule has 1 N–H and O–H groups in total. The van der Waals surface area contributed by atoms with Crippen LogP contribution in [0.5, 0.6) is 5.75 Å². The van der Waals surface area contributed by atoms with Crippen LogP contribution in [0, 0.1) is 11.7 Å². The Kier molecular flexibility index (Phi) is 9.23. The van der Waals surface area contributed by atoms with Crippen LogP contribution in [0.1, 0.15) is 50.6 Å². The Morgan fingerprint density at radius 1 is 1.30 bits per heavy atom. The fourth-order valence-electron chi connectivity index (χ4n) is 4.16. The molecule has 3 atom stereocenters. The Bertz CT molecular complexity index is 1490. The maximum atomic E-state index is 15.6. The molecule has 0 bridgehead atoms. The molecule has 0 aliphatic heterocycles. The highest BCUT2D eigenvalue weighted by Gasteiger charge is 2.30. The molecule has 3 aromatic rings. The zero-order chi connectivity index (χ0) is 29.2. The molecule has 2 unspecified atom stereocenters. The Hall–Kier alpha value is -2.93. The Morgan fingerprint density at radius 3 is 2.65 bits per heavy atom. The van der Waals surface area contributed by atoms with E-state index in [9.17, 15) is 14.0 Å². The number of carbonyl (C=O) groups is 1. The van der Waals surface area contributed by atoms with Crippen molar-refractivity contribution in [2.45, 2.75) is 58.0 Å². The van der Waals surface area contributed by atoms with Crippen LogP contribution in [-0.4, -0.2) is 38.6 Å². The smallest absolute Gasteiger partial charge is 0.350 e. The van der Waals surface area contributed by atoms with Gasteiger partial charge in [0.2, 0.25) is 5.91 Å². The summed E-state index contributed by atoms with van der Waals surface area (Å²) in [5, 5.41) is 5.34. The van der Waals surface area contributed by atoms with Gasteiger partial charge in [-0.25, -0.2) is 13.6 Å². The van der Waals surface area contributed by atoms with E-state index in [0.29, 0.717) is 29.2 Å². The van der Waals surface area contributed by atoms with E-state index in [1.807, 2.05) is 24.3 Å². The number of anilines is 1. The maximum absolute atomic E-state index is 15.6. The van der Waals surface area contributed by atoms with Gasteiger partial charge in [0.1, 0.15) is 30.0 Å². The zero-order valence-electron chi connectivity index (χ0n) is 22.9. The lowest BCUT2D eigenvalue weighted by Gasteiger charge is -2.25. The largest absolute Gasteiger partial charge is 0.486 e. The number of benzene rings is 2. The lowest BCUT2D eigenvalue weighted by atomic mass is 10.0. The molecule has 1 fully saturated rings. The molecule has 2 aromatic carbocycles. The second-order valence-corrected chi connectivity index (χ2v) is 12.3. The van der Waals surface area contributed by atoms with Crippen molar-refractivity contribution in [3.05, 3.63) is 69.7 Å². The number of hydrogen-bond donors (Lipinski definition) is 1. The van der Waals surface area contributed by atoms with Crippen molar-refractivity contribution in [1.82, 2.24) is 14.3 Å². The van der Waals surface area contributed by atoms with Gasteiger partial charge in [-0.05, 0) is 62.9 Å². The van der Waals surface area contributed by atoms with Crippen LogP contribution in [0.3, 0.4) is 0 Å². The van der Waals surface area contributed by atoms with Gasteiger partial charge in [-0.2, -0.15) is 4.68 Å². The first-order valence-electron chi connectivity index (χ1n) is 13.0. The highest BCUT2D eigenvalue weighted by molar-refractivity contribution is 7.39. The number of allylic oxidation sites excluding steroid dienone is 1. The third-order valence-electron chi connectivity index (χ3n) is 6.64. The number of nitrogens with zero attached hydrogens (tertiary/aromatic N) is 3. The van der Waals surface area contributed by atoms with Gasteiger partial charge in [0, 0.05) is 36.9 Å². The molecule has 1 heterocycles. The number of halogens is 2. The summed E-state index contributed by atoms with van der Waals surface area (Å²) in [4.78, 5) is 25.2. The van der Waals surface area contributed by atoms with Crippen molar-refractivity contribution in [1.29, 1.82) is 0 Å². The van der Waals surface area contributed by atoms with E-state index in [1.165, 1.54) is 23.8 Å². The standard InChI is InChI=1S/C28H34F2N4O4P2/c1-5-33-25(15-37-4)32-34(27(33)36)23-14-24(38-17(3)28(30,39)40)21(13-22(23)29)16(2)11-18-7-6-8-20(12-18)31-26(35)19-9-10-19/h6-8,11-14,17,19H,5,9-10,15,39-40H2,1-4H3,(H,31,35)/b16-11+/t17-/m0/s1. The van der Waals surface area contributed by atoms with Crippen LogP contribution in [0.4, 0.5) is 14.5 Å². The lowest BCUT2D eigenvalue weighted by Crippen LogP contribution is -2.29. The molecular formula is C28H34F2N4O4P2. The van der Waals surface area contributed by atoms with Crippen molar-refractivity contribution in [3.63, 3.8) is 0 Å². The maximum Gasteiger partial charge on any atom is 0.350 e. The quantitative estimate of drug-likeness (QED) is 0.239. The predicted molar refractivity (Wildman–Crippen MR) is 159 cm³/mol. The zero-order valence-corrected chi connectivity index (χ0v) is 25.2. The van der Waals surface area contributed by atoms with Crippen molar-refractivity contribution in [2.75, 3.05) is 12.4 Å². The molecule has 40 heavy (non-hydrogen) atoms. The summed E-state index contributed by atoms with van der Waals surface area (Å²) < 4.78 is 43.8. The summed E-state index contributed by atoms with van der Waals surface area (Å²) in [7, 11) is 5.62. The monoisotopic (exact) mass is 590 g/mol. The van der Waals surface area contributed by atoms with Gasteiger partial charge in [-0.1, -0.05) is 36.7 Å². The van der Waals surface area contributed by atoms with Crippen LogP contribution in [0.2, 0.25) is 0 Å². The molecule has 1 saturated carbocycles. The number of rotatable bonds is 11. The number of carbonyl (C=O) groups excluding carboxylic acids is 1. The summed E-state index contributed by atoms with van der Waals surface area (Å²) in [5.41, 5.74) is 1.77. The van der Waals surface area contributed by atoms with Gasteiger partial charge in [0.15, 0.2) is 11.0 Å². The first-order valence-corrected chi connectivity index (χ1v) is 14.1. The van der Waals surface area contributed by atoms with E-state index < -0.39 is 22.8 Å². The minimum atomic E-state index is -1.86. The molecule has 8 nitrogen and oxygen atoms in total. The average Bonchev–Trinajstić information content (AvgIpc) is 3.69. The van der Waals surface area contributed by atoms with Gasteiger partial charge in [0.25, 0.3) is 0 Å². The molecular weight excluding hydrogens is 556 g/mol. The second kappa shape index (κ2) is 12.3. The first kappa shape index (κ1) is 30.0. The summed E-state index contributed by atoms with van der Waals surface area (Å²) in [6, 6.07) is 9.91. The van der Waals surface area contributed by atoms with E-state index in [4.69, 9.17) is 9.47 Å². The van der Waals surface area contributed by atoms with Crippen LogP contribution >= 0.6 is 18.5 Å². The van der Waals surface area contributed by atoms with Crippen LogP contribution in [0.25, 0.3) is 17.3 Å². The van der Waals surface area contributed by atoms with Gasteiger partial charge in [0.05, 0.1) is 0 Å². The van der Waals surface area contributed by atoms with E-state index in [2.05, 4.69) is 28.9 Å². The third-order valence-corrected chi connectivity index (χ3v) is 7.58. The molecule has 4 rings (SSSR count). The van der Waals surface area contributed by atoms with Crippen LogP contribution < -0.4 is 15.7 Å². The summed E-state index contributed by atoms with van der Waals surface area (Å²) in [6.07, 6.45) is 2.66. The van der Waals surface area contributed by atoms with E-state index in [-0.39, 0.29) is 29.9 Å². The summed E-state index contributed by atoms with van der Waals surface area (Å²) in [6.45, 7) is 5.50. The molecule has 0 radical (unpaired) electrons. The Labute approximate surface area is 236 Å². The number of nitrogens with one attached hydrogen (secondary N) is 1. The highest BCUT2D eigenvalue weighted by Crippen LogP contribution is 2.38. The number of aromatic nitrogens is 3. The summed E-state index contributed by atoms with van der Waals surface area (Å²) >= 11 is 0. The minimum Gasteiger partial charge on any atom is -0.486 e. The second-order valence-electron chi connectivity index (χ2n) is 9.89. The number of hydrogen-bond acceptors (Lipinski definition) is 5. The van der Waals surface area contributed by atoms with Crippen molar-refractivity contribution >= 4 is 41.7 Å². The molecule has 1 aromatic heterocycles. The van der Waals surface area contributed by atoms with Gasteiger partial charge >= 0.3 is 5.69 Å². The molecule has 1 amide bonds. The minimum absolute atomic E-state index is 0.000763. The lowest BCUT2D eigenvalue weighted by molar-refractivity contribution is -0.117. The number of alkyl halides is 1. The Balaban J connectivity index is 1.77. The Morgan fingerprint density at radius 2 is 2.02 bits per heavy atom. The molecule has 1 aliphatic rings. The van der Waals surface area contributed by atoms with E-state index >= 15 is 4.39 Å². The number of ether oxygens (including phenoxy) is 2. The van der Waals surface area contributed by atoms with Crippen LogP contribution in [-0.2, 0) is 22.7 Å². The molecule has 0 spiro atoms. The average molecular weight is 591 g/mol. The first-order chi connectivity index (χ1) is 18.9. The topological polar surface area (TPSA) is 87.4 Å². The predicted octanol–water partition coefficient (Wildman–Crippen LogP) is 5.39. The SMILES string of the molecule is CCn1c(COC)nn(-c2cc(O[C@@H](C)C(F)(P)P)c(/C(C)=C/c3cccc(NC(=O)C4CC4)c3)cc2F)c1=O. The van der Waals surface area contributed by atoms with E-state index in [1.54, 1.807) is 26.8 Å². The fourth-order valence-corrected chi connectivity index (χ4v) is 4.30.